The number of hydrogen-bond donors (Lipinski definition) is 1. The number of sulfone groups is 1. The van der Waals surface area contributed by atoms with E-state index in [4.69, 9.17) is 0 Å². The summed E-state index contributed by atoms with van der Waals surface area (Å²) in [6.07, 6.45) is 4.61. The van der Waals surface area contributed by atoms with E-state index in [1.165, 1.54) is 23.9 Å². The van der Waals surface area contributed by atoms with E-state index < -0.39 is 9.84 Å². The first-order valence-corrected chi connectivity index (χ1v) is 8.93. The molecule has 0 aliphatic heterocycles. The highest BCUT2D eigenvalue weighted by Gasteiger charge is 2.12. The Hall–Kier alpha value is -1.88. The van der Waals surface area contributed by atoms with Crippen LogP contribution in [0, 0.1) is 0 Å². The third kappa shape index (κ3) is 3.24. The van der Waals surface area contributed by atoms with Crippen LogP contribution in [0.15, 0.2) is 41.3 Å². The first-order valence-electron chi connectivity index (χ1n) is 7.04. The predicted molar refractivity (Wildman–Crippen MR) is 83.1 cm³/mol. The summed E-state index contributed by atoms with van der Waals surface area (Å²) < 4.78 is 22.8. The average molecular weight is 302 g/mol. The lowest BCUT2D eigenvalue weighted by Gasteiger charge is -2.08. The van der Waals surface area contributed by atoms with Gasteiger partial charge in [-0.25, -0.2) is 13.4 Å². The second-order valence-corrected chi connectivity index (χ2v) is 7.44. The Balaban J connectivity index is 1.68. The zero-order valence-corrected chi connectivity index (χ0v) is 12.8. The zero-order chi connectivity index (χ0) is 14.9. The van der Waals surface area contributed by atoms with Gasteiger partial charge in [0.05, 0.1) is 4.90 Å². The second-order valence-electron chi connectivity index (χ2n) is 5.43. The van der Waals surface area contributed by atoms with Gasteiger partial charge in [-0.3, -0.25) is 0 Å². The third-order valence-corrected chi connectivity index (χ3v) is 4.88. The van der Waals surface area contributed by atoms with E-state index in [0.29, 0.717) is 11.4 Å². The molecule has 1 N–H and O–H groups in total. The van der Waals surface area contributed by atoms with Crippen molar-refractivity contribution >= 4 is 15.7 Å². The van der Waals surface area contributed by atoms with Gasteiger partial charge >= 0.3 is 0 Å². The maximum absolute atomic E-state index is 11.4. The minimum Gasteiger partial charge on any atom is -0.366 e. The van der Waals surface area contributed by atoms with E-state index in [1.54, 1.807) is 12.1 Å². The lowest BCUT2D eigenvalue weighted by Crippen LogP contribution is -2.03. The van der Waals surface area contributed by atoms with Gasteiger partial charge in [0.2, 0.25) is 0 Å². The van der Waals surface area contributed by atoms with E-state index in [9.17, 15) is 8.42 Å². The Bertz CT molecular complexity index is 752. The van der Waals surface area contributed by atoms with E-state index in [2.05, 4.69) is 16.4 Å². The number of aromatic nitrogens is 1. The van der Waals surface area contributed by atoms with Gasteiger partial charge in [-0.15, -0.1) is 0 Å². The van der Waals surface area contributed by atoms with Gasteiger partial charge in [0.25, 0.3) is 0 Å². The number of nitrogens with zero attached hydrogens (tertiary/aromatic N) is 1. The number of aryl methyl sites for hydroxylation is 2. The fourth-order valence-corrected chi connectivity index (χ4v) is 3.20. The Kier molecular flexibility index (Phi) is 3.68. The van der Waals surface area contributed by atoms with Crippen LogP contribution in [0.1, 0.15) is 23.2 Å². The summed E-state index contributed by atoms with van der Waals surface area (Å²) in [7, 11) is -3.13. The summed E-state index contributed by atoms with van der Waals surface area (Å²) in [5, 5.41) is 3.29. The van der Waals surface area contributed by atoms with Gasteiger partial charge in [0.1, 0.15) is 5.82 Å². The van der Waals surface area contributed by atoms with Crippen LogP contribution >= 0.6 is 0 Å². The lowest BCUT2D eigenvalue weighted by atomic mass is 10.2. The number of pyridine rings is 1. The van der Waals surface area contributed by atoms with Crippen LogP contribution in [-0.4, -0.2) is 19.7 Å². The number of rotatable bonds is 4. The summed E-state index contributed by atoms with van der Waals surface area (Å²) in [6.45, 7) is 0.635. The van der Waals surface area contributed by atoms with Gasteiger partial charge in [0, 0.05) is 18.5 Å². The first-order chi connectivity index (χ1) is 10.0. The van der Waals surface area contributed by atoms with Crippen molar-refractivity contribution in [3.05, 3.63) is 53.2 Å². The van der Waals surface area contributed by atoms with Crippen LogP contribution in [0.2, 0.25) is 0 Å². The highest BCUT2D eigenvalue weighted by molar-refractivity contribution is 7.90. The fraction of sp³-hybridized carbons (Fsp3) is 0.312. The molecule has 0 saturated heterocycles. The molecule has 3 rings (SSSR count). The summed E-state index contributed by atoms with van der Waals surface area (Å²) in [6, 6.07) is 11.1. The van der Waals surface area contributed by atoms with Crippen molar-refractivity contribution in [2.75, 3.05) is 11.6 Å². The van der Waals surface area contributed by atoms with E-state index in [-0.39, 0.29) is 0 Å². The number of benzene rings is 1. The van der Waals surface area contributed by atoms with Gasteiger partial charge in [-0.2, -0.15) is 0 Å². The summed E-state index contributed by atoms with van der Waals surface area (Å²) >= 11 is 0. The molecule has 1 heterocycles. The number of fused-ring (bicyclic) bond motifs is 1. The van der Waals surface area contributed by atoms with E-state index >= 15 is 0 Å². The molecule has 0 bridgehead atoms. The first kappa shape index (κ1) is 14.1. The van der Waals surface area contributed by atoms with E-state index in [0.717, 1.165) is 24.2 Å². The average Bonchev–Trinajstić information content (AvgIpc) is 2.92. The van der Waals surface area contributed by atoms with Crippen LogP contribution in [0.5, 0.6) is 0 Å². The van der Waals surface area contributed by atoms with Crippen LogP contribution in [0.25, 0.3) is 0 Å². The molecule has 1 aromatic carbocycles. The highest BCUT2D eigenvalue weighted by Crippen LogP contribution is 2.21. The Morgan fingerprint density at radius 1 is 1.10 bits per heavy atom. The molecule has 21 heavy (non-hydrogen) atoms. The largest absolute Gasteiger partial charge is 0.366 e. The topological polar surface area (TPSA) is 59.1 Å². The molecule has 2 aromatic rings. The van der Waals surface area contributed by atoms with Gasteiger partial charge < -0.3 is 5.32 Å². The normalized spacial score (nSPS) is 14.0. The van der Waals surface area contributed by atoms with Crippen LogP contribution in [0.4, 0.5) is 5.82 Å². The third-order valence-electron chi connectivity index (χ3n) is 3.75. The molecular formula is C16H18N2O2S. The van der Waals surface area contributed by atoms with Crippen molar-refractivity contribution in [1.82, 2.24) is 4.98 Å². The molecule has 110 valence electrons. The SMILES string of the molecule is CS(=O)(=O)c1ccc(CNc2ccc3c(n2)CCC3)cc1. The van der Waals surface area contributed by atoms with Crippen LogP contribution in [0.3, 0.4) is 0 Å². The summed E-state index contributed by atoms with van der Waals surface area (Å²) in [5.74, 6) is 0.878. The van der Waals surface area contributed by atoms with Crippen molar-refractivity contribution < 1.29 is 8.42 Å². The maximum Gasteiger partial charge on any atom is 0.175 e. The number of nitrogens with one attached hydrogen (secondary N) is 1. The fourth-order valence-electron chi connectivity index (χ4n) is 2.57. The van der Waals surface area contributed by atoms with E-state index in [1.807, 2.05) is 18.2 Å². The standard InChI is InChI=1S/C16H18N2O2S/c1-21(19,20)14-8-5-12(6-9-14)11-17-16-10-7-13-3-2-4-15(13)18-16/h5-10H,2-4,11H2,1H3,(H,17,18). The monoisotopic (exact) mass is 302 g/mol. The van der Waals surface area contributed by atoms with Crippen LogP contribution in [-0.2, 0) is 29.2 Å². The molecule has 1 aliphatic carbocycles. The molecule has 1 aliphatic rings. The van der Waals surface area contributed by atoms with Crippen molar-refractivity contribution in [3.63, 3.8) is 0 Å². The molecular weight excluding hydrogens is 284 g/mol. The molecule has 5 heteroatoms. The Labute approximate surface area is 125 Å². The molecule has 0 unspecified atom stereocenters. The lowest BCUT2D eigenvalue weighted by molar-refractivity contribution is 0.602. The van der Waals surface area contributed by atoms with Gasteiger partial charge in [-0.05, 0) is 48.6 Å². The van der Waals surface area contributed by atoms with Crippen molar-refractivity contribution in [1.29, 1.82) is 0 Å². The molecule has 1 aromatic heterocycles. The number of anilines is 1. The Morgan fingerprint density at radius 2 is 1.86 bits per heavy atom. The van der Waals surface area contributed by atoms with Crippen LogP contribution < -0.4 is 5.32 Å². The minimum atomic E-state index is -3.13. The second kappa shape index (κ2) is 5.48. The smallest absolute Gasteiger partial charge is 0.175 e. The number of hydrogen-bond acceptors (Lipinski definition) is 4. The minimum absolute atomic E-state index is 0.349. The van der Waals surface area contributed by atoms with Crippen molar-refractivity contribution in [2.24, 2.45) is 0 Å². The quantitative estimate of drug-likeness (QED) is 0.943. The maximum atomic E-state index is 11.4. The zero-order valence-electron chi connectivity index (χ0n) is 12.0. The highest BCUT2D eigenvalue weighted by atomic mass is 32.2. The summed E-state index contributed by atoms with van der Waals surface area (Å²) in [4.78, 5) is 4.97. The Morgan fingerprint density at radius 3 is 2.57 bits per heavy atom. The molecule has 0 radical (unpaired) electrons. The summed E-state index contributed by atoms with van der Waals surface area (Å²) in [5.41, 5.74) is 3.59. The van der Waals surface area contributed by atoms with Gasteiger partial charge in [0.15, 0.2) is 9.84 Å². The van der Waals surface area contributed by atoms with Crippen molar-refractivity contribution in [3.8, 4) is 0 Å². The molecule has 0 spiro atoms. The molecule has 0 saturated carbocycles. The molecule has 0 fully saturated rings. The van der Waals surface area contributed by atoms with Crippen molar-refractivity contribution in [2.45, 2.75) is 30.7 Å². The molecule has 0 atom stereocenters. The molecule has 0 amide bonds. The van der Waals surface area contributed by atoms with Gasteiger partial charge in [-0.1, -0.05) is 18.2 Å². The molecule has 4 nitrogen and oxygen atoms in total. The predicted octanol–water partition coefficient (Wildman–Crippen LogP) is 2.59.